The van der Waals surface area contributed by atoms with Crippen molar-refractivity contribution in [3.63, 3.8) is 0 Å². The SMILES string of the molecule is CS(=O)(=O)N1CCN(c2cnc3nc(-c4cccs4)c(-c4cccs4)nc3c2)CC1. The summed E-state index contributed by atoms with van der Waals surface area (Å²) in [5, 5.41) is 4.07. The zero-order chi connectivity index (χ0) is 20.7. The van der Waals surface area contributed by atoms with E-state index < -0.39 is 10.0 Å². The van der Waals surface area contributed by atoms with E-state index in [1.54, 1.807) is 28.9 Å². The van der Waals surface area contributed by atoms with Crippen molar-refractivity contribution in [3.05, 3.63) is 47.3 Å². The Morgan fingerprint density at radius 2 is 1.57 bits per heavy atom. The maximum atomic E-state index is 11.8. The number of hydrogen-bond acceptors (Lipinski definition) is 8. The molecule has 1 fully saturated rings. The van der Waals surface area contributed by atoms with Gasteiger partial charge in [-0.2, -0.15) is 4.31 Å². The smallest absolute Gasteiger partial charge is 0.211 e. The minimum Gasteiger partial charge on any atom is -0.368 e. The number of piperazine rings is 1. The van der Waals surface area contributed by atoms with Crippen molar-refractivity contribution in [3.8, 4) is 21.1 Å². The number of anilines is 1. The zero-order valence-electron chi connectivity index (χ0n) is 16.2. The summed E-state index contributed by atoms with van der Waals surface area (Å²) in [6.07, 6.45) is 3.06. The summed E-state index contributed by atoms with van der Waals surface area (Å²) in [6, 6.07) is 10.1. The van der Waals surface area contributed by atoms with Gasteiger partial charge in [0.2, 0.25) is 10.0 Å². The lowest BCUT2D eigenvalue weighted by Gasteiger charge is -2.34. The van der Waals surface area contributed by atoms with E-state index in [9.17, 15) is 8.42 Å². The van der Waals surface area contributed by atoms with E-state index in [1.807, 2.05) is 35.0 Å². The molecule has 1 saturated heterocycles. The predicted octanol–water partition coefficient (Wildman–Crippen LogP) is 3.56. The van der Waals surface area contributed by atoms with Gasteiger partial charge in [0.25, 0.3) is 0 Å². The van der Waals surface area contributed by atoms with Gasteiger partial charge in [-0.1, -0.05) is 12.1 Å². The Labute approximate surface area is 182 Å². The Balaban J connectivity index is 1.53. The fourth-order valence-electron chi connectivity index (χ4n) is 3.56. The maximum Gasteiger partial charge on any atom is 0.211 e. The quantitative estimate of drug-likeness (QED) is 0.466. The van der Waals surface area contributed by atoms with Gasteiger partial charge in [0.15, 0.2) is 5.65 Å². The van der Waals surface area contributed by atoms with Crippen molar-refractivity contribution in [1.29, 1.82) is 0 Å². The van der Waals surface area contributed by atoms with Crippen LogP contribution in [0.25, 0.3) is 32.3 Å². The molecule has 0 amide bonds. The molecular formula is C20H19N5O2S3. The van der Waals surface area contributed by atoms with Crippen LogP contribution < -0.4 is 4.90 Å². The molecule has 10 heteroatoms. The van der Waals surface area contributed by atoms with Gasteiger partial charge in [-0.05, 0) is 29.0 Å². The number of pyridine rings is 1. The van der Waals surface area contributed by atoms with Crippen molar-refractivity contribution < 1.29 is 8.42 Å². The third-order valence-corrected chi connectivity index (χ3v) is 8.15. The molecule has 0 radical (unpaired) electrons. The lowest BCUT2D eigenvalue weighted by Crippen LogP contribution is -2.48. The van der Waals surface area contributed by atoms with Crippen LogP contribution in [0.3, 0.4) is 0 Å². The second-order valence-electron chi connectivity index (χ2n) is 7.06. The average molecular weight is 458 g/mol. The van der Waals surface area contributed by atoms with E-state index in [-0.39, 0.29) is 0 Å². The third kappa shape index (κ3) is 3.71. The molecule has 0 N–H and O–H groups in total. The van der Waals surface area contributed by atoms with Crippen molar-refractivity contribution in [2.75, 3.05) is 37.3 Å². The molecule has 0 unspecified atom stereocenters. The molecule has 1 aliphatic heterocycles. The Hall–Kier alpha value is -2.40. The number of hydrogen-bond donors (Lipinski definition) is 0. The number of fused-ring (bicyclic) bond motifs is 1. The van der Waals surface area contributed by atoms with E-state index in [0.29, 0.717) is 31.8 Å². The molecule has 0 saturated carbocycles. The Morgan fingerprint density at radius 3 is 2.13 bits per heavy atom. The zero-order valence-corrected chi connectivity index (χ0v) is 18.7. The lowest BCUT2D eigenvalue weighted by atomic mass is 10.2. The van der Waals surface area contributed by atoms with Crippen molar-refractivity contribution >= 4 is 49.5 Å². The summed E-state index contributed by atoms with van der Waals surface area (Å²) in [4.78, 5) is 18.6. The first kappa shape index (κ1) is 19.6. The van der Waals surface area contributed by atoms with Crippen LogP contribution in [0.1, 0.15) is 0 Å². The first-order chi connectivity index (χ1) is 14.5. The normalized spacial score (nSPS) is 15.7. The molecule has 1 aliphatic rings. The topological polar surface area (TPSA) is 79.3 Å². The Bertz CT molecular complexity index is 1280. The van der Waals surface area contributed by atoms with Crippen molar-refractivity contribution in [2.45, 2.75) is 0 Å². The standard InChI is InChI=1S/C20H19N5O2S3/c1-30(26,27)25-8-6-24(7-9-25)14-12-15-20(21-13-14)23-19(17-5-3-11-29-17)18(22-15)16-4-2-10-28-16/h2-5,10-13H,6-9H2,1H3. The molecule has 0 spiro atoms. The molecular weight excluding hydrogens is 438 g/mol. The van der Waals surface area contributed by atoms with Gasteiger partial charge in [-0.3, -0.25) is 0 Å². The van der Waals surface area contributed by atoms with Gasteiger partial charge in [-0.15, -0.1) is 22.7 Å². The Morgan fingerprint density at radius 1 is 0.933 bits per heavy atom. The van der Waals surface area contributed by atoms with Crippen LogP contribution in [0.15, 0.2) is 47.3 Å². The lowest BCUT2D eigenvalue weighted by molar-refractivity contribution is 0.388. The van der Waals surface area contributed by atoms with Gasteiger partial charge in [0.05, 0.1) is 27.9 Å². The highest BCUT2D eigenvalue weighted by molar-refractivity contribution is 7.88. The summed E-state index contributed by atoms with van der Waals surface area (Å²) in [5.74, 6) is 0. The summed E-state index contributed by atoms with van der Waals surface area (Å²) in [5.41, 5.74) is 3.99. The highest BCUT2D eigenvalue weighted by atomic mass is 32.2. The molecule has 0 bridgehead atoms. The second kappa shape index (κ2) is 7.69. The molecule has 0 aliphatic carbocycles. The molecule has 4 aromatic rings. The van der Waals surface area contributed by atoms with Crippen LogP contribution >= 0.6 is 22.7 Å². The van der Waals surface area contributed by atoms with Crippen molar-refractivity contribution in [2.24, 2.45) is 0 Å². The van der Waals surface area contributed by atoms with Crippen LogP contribution in [0.2, 0.25) is 0 Å². The van der Waals surface area contributed by atoms with Gasteiger partial charge < -0.3 is 4.90 Å². The molecule has 5 heterocycles. The molecule has 0 atom stereocenters. The Kier molecular flexibility index (Phi) is 5.02. The van der Waals surface area contributed by atoms with Crippen molar-refractivity contribution in [1.82, 2.24) is 19.3 Å². The van der Waals surface area contributed by atoms with Gasteiger partial charge in [0, 0.05) is 26.2 Å². The summed E-state index contributed by atoms with van der Waals surface area (Å²) in [7, 11) is -3.15. The van der Waals surface area contributed by atoms with Gasteiger partial charge >= 0.3 is 0 Å². The average Bonchev–Trinajstić information content (AvgIpc) is 3.46. The molecule has 0 aromatic carbocycles. The summed E-state index contributed by atoms with van der Waals surface area (Å²) < 4.78 is 25.0. The van der Waals surface area contributed by atoms with E-state index >= 15 is 0 Å². The number of sulfonamides is 1. The number of rotatable bonds is 4. The first-order valence-corrected chi connectivity index (χ1v) is 13.1. The fraction of sp³-hybridized carbons (Fsp3) is 0.250. The van der Waals surface area contributed by atoms with E-state index in [1.165, 1.54) is 10.6 Å². The fourth-order valence-corrected chi connectivity index (χ4v) is 5.81. The van der Waals surface area contributed by atoms with E-state index in [0.717, 1.165) is 32.3 Å². The molecule has 7 nitrogen and oxygen atoms in total. The van der Waals surface area contributed by atoms with E-state index in [2.05, 4.69) is 16.0 Å². The van der Waals surface area contributed by atoms with Crippen LogP contribution in [-0.4, -0.2) is 60.1 Å². The summed E-state index contributed by atoms with van der Waals surface area (Å²) >= 11 is 3.28. The molecule has 4 aromatic heterocycles. The number of thiophene rings is 2. The summed E-state index contributed by atoms with van der Waals surface area (Å²) in [6.45, 7) is 2.19. The van der Waals surface area contributed by atoms with Gasteiger partial charge in [-0.25, -0.2) is 23.4 Å². The highest BCUT2D eigenvalue weighted by Crippen LogP contribution is 2.35. The second-order valence-corrected chi connectivity index (χ2v) is 10.9. The van der Waals surface area contributed by atoms with E-state index in [4.69, 9.17) is 9.97 Å². The van der Waals surface area contributed by atoms with Crippen LogP contribution in [0, 0.1) is 0 Å². The van der Waals surface area contributed by atoms with Crippen LogP contribution in [0.4, 0.5) is 5.69 Å². The number of aromatic nitrogens is 3. The predicted molar refractivity (Wildman–Crippen MR) is 123 cm³/mol. The monoisotopic (exact) mass is 457 g/mol. The number of nitrogens with zero attached hydrogens (tertiary/aromatic N) is 5. The van der Waals surface area contributed by atoms with Crippen LogP contribution in [-0.2, 0) is 10.0 Å². The minimum absolute atomic E-state index is 0.473. The third-order valence-electron chi connectivity index (χ3n) is 5.09. The van der Waals surface area contributed by atoms with Gasteiger partial charge in [0.1, 0.15) is 16.9 Å². The highest BCUT2D eigenvalue weighted by Gasteiger charge is 2.24. The molecule has 154 valence electrons. The minimum atomic E-state index is -3.15. The molecule has 5 rings (SSSR count). The first-order valence-electron chi connectivity index (χ1n) is 9.45. The molecule has 30 heavy (non-hydrogen) atoms. The maximum absolute atomic E-state index is 11.8. The largest absolute Gasteiger partial charge is 0.368 e. The van der Waals surface area contributed by atoms with Crippen LogP contribution in [0.5, 0.6) is 0 Å².